The van der Waals surface area contributed by atoms with Crippen molar-refractivity contribution in [1.29, 1.82) is 0 Å². The van der Waals surface area contributed by atoms with Crippen LogP contribution in [0, 0.1) is 12.7 Å². The summed E-state index contributed by atoms with van der Waals surface area (Å²) in [5.74, 6) is 0.230. The van der Waals surface area contributed by atoms with Gasteiger partial charge in [0.15, 0.2) is 0 Å². The Bertz CT molecular complexity index is 327. The van der Waals surface area contributed by atoms with E-state index in [1.54, 1.807) is 26.0 Å². The van der Waals surface area contributed by atoms with Crippen molar-refractivity contribution in [3.05, 3.63) is 29.6 Å². The highest BCUT2D eigenvalue weighted by Gasteiger charge is 2.04. The van der Waals surface area contributed by atoms with Gasteiger partial charge in [-0.1, -0.05) is 13.0 Å². The van der Waals surface area contributed by atoms with Crippen molar-refractivity contribution in [1.82, 2.24) is 0 Å². The van der Waals surface area contributed by atoms with Crippen LogP contribution < -0.4 is 4.72 Å². The summed E-state index contributed by atoms with van der Waals surface area (Å²) in [5, 5.41) is 0. The average molecular weight is 201 g/mol. The molecule has 0 saturated carbocycles. The zero-order valence-corrected chi connectivity index (χ0v) is 8.45. The molecule has 1 atom stereocenters. The summed E-state index contributed by atoms with van der Waals surface area (Å²) >= 11 is 0. The van der Waals surface area contributed by atoms with Crippen molar-refractivity contribution in [3.8, 4) is 0 Å². The van der Waals surface area contributed by atoms with Crippen LogP contribution in [-0.4, -0.2) is 9.96 Å². The SMILES string of the molecule is CCS(=O)Nc1cccc(F)c1C. The minimum atomic E-state index is -1.11. The van der Waals surface area contributed by atoms with Crippen LogP contribution in [0.15, 0.2) is 18.2 Å². The van der Waals surface area contributed by atoms with Crippen LogP contribution in [0.5, 0.6) is 0 Å². The first-order valence-corrected chi connectivity index (χ1v) is 5.37. The van der Waals surface area contributed by atoms with Crippen molar-refractivity contribution < 1.29 is 8.60 Å². The van der Waals surface area contributed by atoms with E-state index in [1.807, 2.05) is 0 Å². The topological polar surface area (TPSA) is 29.1 Å². The fourth-order valence-corrected chi connectivity index (χ4v) is 1.52. The maximum absolute atomic E-state index is 13.0. The minimum Gasteiger partial charge on any atom is -0.305 e. The van der Waals surface area contributed by atoms with Gasteiger partial charge in [-0.2, -0.15) is 0 Å². The summed E-state index contributed by atoms with van der Waals surface area (Å²) in [5.41, 5.74) is 1.10. The first-order chi connectivity index (χ1) is 6.15. The number of rotatable bonds is 3. The van der Waals surface area contributed by atoms with Crippen LogP contribution in [0.4, 0.5) is 10.1 Å². The van der Waals surface area contributed by atoms with E-state index in [2.05, 4.69) is 4.72 Å². The quantitative estimate of drug-likeness (QED) is 0.798. The lowest BCUT2D eigenvalue weighted by molar-refractivity contribution is 0.619. The van der Waals surface area contributed by atoms with Gasteiger partial charge in [-0.05, 0) is 19.1 Å². The predicted octanol–water partition coefficient (Wildman–Crippen LogP) is 2.23. The Morgan fingerprint density at radius 1 is 1.54 bits per heavy atom. The summed E-state index contributed by atoms with van der Waals surface area (Å²) in [6, 6.07) is 4.69. The van der Waals surface area contributed by atoms with E-state index in [4.69, 9.17) is 0 Å². The molecule has 1 unspecified atom stereocenters. The van der Waals surface area contributed by atoms with Crippen LogP contribution >= 0.6 is 0 Å². The molecule has 0 heterocycles. The van der Waals surface area contributed by atoms with Crippen LogP contribution in [0.1, 0.15) is 12.5 Å². The Hall–Kier alpha value is -0.900. The number of hydrogen-bond donors (Lipinski definition) is 1. The fourth-order valence-electron chi connectivity index (χ4n) is 0.913. The molecule has 0 aliphatic carbocycles. The second-order valence-electron chi connectivity index (χ2n) is 2.65. The van der Waals surface area contributed by atoms with E-state index >= 15 is 0 Å². The summed E-state index contributed by atoms with van der Waals surface area (Å²) in [6.07, 6.45) is 0. The molecular formula is C9H12FNOS. The monoisotopic (exact) mass is 201 g/mol. The van der Waals surface area contributed by atoms with Gasteiger partial charge in [-0.15, -0.1) is 0 Å². The molecule has 2 nitrogen and oxygen atoms in total. The average Bonchev–Trinajstić information content (AvgIpc) is 2.13. The van der Waals surface area contributed by atoms with Gasteiger partial charge < -0.3 is 4.72 Å². The van der Waals surface area contributed by atoms with Gasteiger partial charge in [0.25, 0.3) is 0 Å². The first-order valence-electron chi connectivity index (χ1n) is 4.05. The lowest BCUT2D eigenvalue weighted by Crippen LogP contribution is -2.07. The Morgan fingerprint density at radius 2 is 2.23 bits per heavy atom. The second kappa shape index (κ2) is 4.37. The normalized spacial score (nSPS) is 12.5. The lowest BCUT2D eigenvalue weighted by Gasteiger charge is -2.07. The molecule has 0 aliphatic heterocycles. The summed E-state index contributed by atoms with van der Waals surface area (Å²) in [7, 11) is -1.11. The molecule has 0 amide bonds. The van der Waals surface area contributed by atoms with E-state index in [-0.39, 0.29) is 5.82 Å². The van der Waals surface area contributed by atoms with E-state index < -0.39 is 11.0 Å². The van der Waals surface area contributed by atoms with Gasteiger partial charge in [0.1, 0.15) is 16.8 Å². The number of nitrogens with one attached hydrogen (secondary N) is 1. The maximum atomic E-state index is 13.0. The molecule has 4 heteroatoms. The predicted molar refractivity (Wildman–Crippen MR) is 53.4 cm³/mol. The summed E-state index contributed by atoms with van der Waals surface area (Å²) in [6.45, 7) is 3.46. The molecule has 72 valence electrons. The molecule has 0 saturated heterocycles. The maximum Gasteiger partial charge on any atom is 0.128 e. The molecule has 1 rings (SSSR count). The molecule has 0 spiro atoms. The molecule has 0 bridgehead atoms. The van der Waals surface area contributed by atoms with Gasteiger partial charge in [0.2, 0.25) is 0 Å². The number of halogens is 1. The Labute approximate surface area is 79.8 Å². The van der Waals surface area contributed by atoms with Crippen LogP contribution in [-0.2, 0) is 11.0 Å². The second-order valence-corrected chi connectivity index (χ2v) is 4.12. The molecule has 0 fully saturated rings. The summed E-state index contributed by atoms with van der Waals surface area (Å²) < 4.78 is 26.8. The third-order valence-electron chi connectivity index (χ3n) is 1.75. The van der Waals surface area contributed by atoms with E-state index in [0.717, 1.165) is 0 Å². The van der Waals surface area contributed by atoms with Crippen molar-refractivity contribution >= 4 is 16.7 Å². The van der Waals surface area contributed by atoms with Crippen LogP contribution in [0.25, 0.3) is 0 Å². The van der Waals surface area contributed by atoms with Crippen LogP contribution in [0.3, 0.4) is 0 Å². The zero-order valence-electron chi connectivity index (χ0n) is 7.63. The number of hydrogen-bond acceptors (Lipinski definition) is 1. The van der Waals surface area contributed by atoms with E-state index in [0.29, 0.717) is 17.0 Å². The molecule has 0 radical (unpaired) electrons. The standard InChI is InChI=1S/C9H12FNOS/c1-3-13(12)11-9-6-4-5-8(10)7(9)2/h4-6,11H,3H2,1-2H3. The number of benzene rings is 1. The minimum absolute atomic E-state index is 0.280. The third kappa shape index (κ3) is 2.52. The third-order valence-corrected chi connectivity index (χ3v) is 2.73. The van der Waals surface area contributed by atoms with Crippen molar-refractivity contribution in [3.63, 3.8) is 0 Å². The molecule has 0 aromatic heterocycles. The molecule has 1 aromatic rings. The highest BCUT2D eigenvalue weighted by atomic mass is 32.2. The lowest BCUT2D eigenvalue weighted by atomic mass is 10.2. The molecular weight excluding hydrogens is 189 g/mol. The van der Waals surface area contributed by atoms with Gasteiger partial charge in [0.05, 0.1) is 5.69 Å². The van der Waals surface area contributed by atoms with Gasteiger partial charge in [0, 0.05) is 11.3 Å². The fraction of sp³-hybridized carbons (Fsp3) is 0.333. The number of anilines is 1. The van der Waals surface area contributed by atoms with Crippen molar-refractivity contribution in [2.24, 2.45) is 0 Å². The molecule has 0 aliphatic rings. The Morgan fingerprint density at radius 3 is 2.85 bits per heavy atom. The molecule has 13 heavy (non-hydrogen) atoms. The zero-order chi connectivity index (χ0) is 9.84. The van der Waals surface area contributed by atoms with E-state index in [1.165, 1.54) is 6.07 Å². The van der Waals surface area contributed by atoms with E-state index in [9.17, 15) is 8.60 Å². The van der Waals surface area contributed by atoms with Gasteiger partial charge in [-0.25, -0.2) is 8.60 Å². The van der Waals surface area contributed by atoms with Crippen molar-refractivity contribution in [2.45, 2.75) is 13.8 Å². The van der Waals surface area contributed by atoms with Gasteiger partial charge >= 0.3 is 0 Å². The van der Waals surface area contributed by atoms with Gasteiger partial charge in [-0.3, -0.25) is 0 Å². The van der Waals surface area contributed by atoms with Crippen LogP contribution in [0.2, 0.25) is 0 Å². The molecule has 1 N–H and O–H groups in total. The highest BCUT2D eigenvalue weighted by Crippen LogP contribution is 2.17. The molecule has 1 aromatic carbocycles. The highest BCUT2D eigenvalue weighted by molar-refractivity contribution is 7.86. The first kappa shape index (κ1) is 10.2. The summed E-state index contributed by atoms with van der Waals surface area (Å²) in [4.78, 5) is 0. The Kier molecular flexibility index (Phi) is 3.42. The Balaban J connectivity index is 2.89. The largest absolute Gasteiger partial charge is 0.305 e. The van der Waals surface area contributed by atoms with Crippen molar-refractivity contribution in [2.75, 3.05) is 10.5 Å². The smallest absolute Gasteiger partial charge is 0.128 e.